The number of carboxylic acids is 1. The number of carbonyl (C=O) groups excluding carboxylic acids is 1. The van der Waals surface area contributed by atoms with E-state index in [0.717, 1.165) is 16.5 Å². The van der Waals surface area contributed by atoms with Crippen molar-refractivity contribution in [2.45, 2.75) is 6.54 Å². The standard InChI is InChI=1S/C12H10N2O3S2/c15-11(16)2-1-8-3-9(18-6-8)4-14-12(17)10-5-13-7-19-10/h1-3,5-7H,4H2,(H,14,17)(H,15,16)/b2-1+. The molecule has 2 rings (SSSR count). The second-order valence-electron chi connectivity index (χ2n) is 3.57. The smallest absolute Gasteiger partial charge is 0.328 e. The minimum atomic E-state index is -0.980. The van der Waals surface area contributed by atoms with Crippen LogP contribution in [0.1, 0.15) is 20.1 Å². The molecule has 2 heterocycles. The molecule has 0 aliphatic carbocycles. The summed E-state index contributed by atoms with van der Waals surface area (Å²) < 4.78 is 0. The number of hydrogen-bond donors (Lipinski definition) is 2. The third kappa shape index (κ3) is 4.01. The number of hydrogen-bond acceptors (Lipinski definition) is 5. The summed E-state index contributed by atoms with van der Waals surface area (Å²) in [7, 11) is 0. The normalized spacial score (nSPS) is 10.7. The molecule has 7 heteroatoms. The average molecular weight is 294 g/mol. The zero-order valence-electron chi connectivity index (χ0n) is 9.70. The Morgan fingerprint density at radius 2 is 2.26 bits per heavy atom. The van der Waals surface area contributed by atoms with E-state index >= 15 is 0 Å². The molecule has 98 valence electrons. The first-order chi connectivity index (χ1) is 9.15. The molecule has 0 aliphatic rings. The molecule has 0 saturated heterocycles. The van der Waals surface area contributed by atoms with Crippen molar-refractivity contribution in [2.75, 3.05) is 0 Å². The summed E-state index contributed by atoms with van der Waals surface area (Å²) in [6.45, 7) is 0.419. The van der Waals surface area contributed by atoms with Crippen LogP contribution in [-0.2, 0) is 11.3 Å². The molecule has 0 atom stereocenters. The zero-order chi connectivity index (χ0) is 13.7. The molecular weight excluding hydrogens is 284 g/mol. The van der Waals surface area contributed by atoms with E-state index in [1.54, 1.807) is 5.51 Å². The van der Waals surface area contributed by atoms with Crippen LogP contribution >= 0.6 is 22.7 Å². The first-order valence-corrected chi connectivity index (χ1v) is 7.06. The molecule has 0 unspecified atom stereocenters. The highest BCUT2D eigenvalue weighted by Crippen LogP contribution is 2.16. The van der Waals surface area contributed by atoms with Gasteiger partial charge in [-0.1, -0.05) is 0 Å². The monoisotopic (exact) mass is 294 g/mol. The quantitative estimate of drug-likeness (QED) is 0.829. The van der Waals surface area contributed by atoms with E-state index in [1.165, 1.54) is 34.9 Å². The summed E-state index contributed by atoms with van der Waals surface area (Å²) in [5.41, 5.74) is 2.42. The van der Waals surface area contributed by atoms with Crippen molar-refractivity contribution in [3.63, 3.8) is 0 Å². The lowest BCUT2D eigenvalue weighted by Gasteiger charge is -1.99. The molecule has 0 radical (unpaired) electrons. The molecule has 0 saturated carbocycles. The van der Waals surface area contributed by atoms with Gasteiger partial charge in [-0.15, -0.1) is 22.7 Å². The molecule has 19 heavy (non-hydrogen) atoms. The van der Waals surface area contributed by atoms with Gasteiger partial charge in [0.1, 0.15) is 4.88 Å². The Morgan fingerprint density at radius 1 is 1.42 bits per heavy atom. The van der Waals surface area contributed by atoms with Crippen LogP contribution in [0.5, 0.6) is 0 Å². The van der Waals surface area contributed by atoms with Gasteiger partial charge in [-0.05, 0) is 23.1 Å². The van der Waals surface area contributed by atoms with E-state index < -0.39 is 5.97 Å². The second kappa shape index (κ2) is 6.26. The van der Waals surface area contributed by atoms with E-state index in [2.05, 4.69) is 10.3 Å². The highest BCUT2D eigenvalue weighted by molar-refractivity contribution is 7.11. The van der Waals surface area contributed by atoms with Gasteiger partial charge >= 0.3 is 5.97 Å². The second-order valence-corrected chi connectivity index (χ2v) is 5.45. The highest BCUT2D eigenvalue weighted by atomic mass is 32.1. The number of aliphatic carboxylic acids is 1. The Bertz CT molecular complexity index is 602. The van der Waals surface area contributed by atoms with Crippen molar-refractivity contribution in [3.8, 4) is 0 Å². The molecule has 0 spiro atoms. The average Bonchev–Trinajstić information content (AvgIpc) is 3.04. The van der Waals surface area contributed by atoms with Crippen LogP contribution in [0.3, 0.4) is 0 Å². The summed E-state index contributed by atoms with van der Waals surface area (Å²) in [6, 6.07) is 1.84. The maximum atomic E-state index is 11.7. The zero-order valence-corrected chi connectivity index (χ0v) is 11.3. The van der Waals surface area contributed by atoms with E-state index in [9.17, 15) is 9.59 Å². The summed E-state index contributed by atoms with van der Waals surface area (Å²) in [6.07, 6.45) is 4.13. The number of nitrogens with one attached hydrogen (secondary N) is 1. The van der Waals surface area contributed by atoms with E-state index in [4.69, 9.17) is 5.11 Å². The molecule has 2 aromatic rings. The molecular formula is C12H10N2O3S2. The van der Waals surface area contributed by atoms with Crippen LogP contribution in [0.15, 0.2) is 29.2 Å². The number of amides is 1. The van der Waals surface area contributed by atoms with Gasteiger partial charge in [-0.3, -0.25) is 9.78 Å². The van der Waals surface area contributed by atoms with Gasteiger partial charge in [0.15, 0.2) is 0 Å². The van der Waals surface area contributed by atoms with E-state index in [1.807, 2.05) is 11.4 Å². The predicted octanol–water partition coefficient (Wildman–Crippen LogP) is 2.23. The van der Waals surface area contributed by atoms with Crippen LogP contribution in [0.2, 0.25) is 0 Å². The van der Waals surface area contributed by atoms with E-state index in [-0.39, 0.29) is 5.91 Å². The van der Waals surface area contributed by atoms with Crippen molar-refractivity contribution >= 4 is 40.6 Å². The third-order valence-electron chi connectivity index (χ3n) is 2.17. The molecule has 2 N–H and O–H groups in total. The lowest BCUT2D eigenvalue weighted by atomic mass is 10.3. The fraction of sp³-hybridized carbons (Fsp3) is 0.0833. The molecule has 5 nitrogen and oxygen atoms in total. The Labute approximate surface area is 117 Å². The Balaban J connectivity index is 1.90. The molecule has 2 aromatic heterocycles. The summed E-state index contributed by atoms with van der Waals surface area (Å²) in [5, 5.41) is 13.1. The van der Waals surface area contributed by atoms with Crippen LogP contribution in [0.25, 0.3) is 6.08 Å². The maximum absolute atomic E-state index is 11.7. The van der Waals surface area contributed by atoms with Crippen molar-refractivity contribution in [3.05, 3.63) is 44.5 Å². The molecule has 0 fully saturated rings. The van der Waals surface area contributed by atoms with Gasteiger partial charge in [0.2, 0.25) is 0 Å². The van der Waals surface area contributed by atoms with Gasteiger partial charge in [0.25, 0.3) is 5.91 Å². The van der Waals surface area contributed by atoms with Gasteiger partial charge in [-0.2, -0.15) is 0 Å². The van der Waals surface area contributed by atoms with Crippen molar-refractivity contribution in [1.29, 1.82) is 0 Å². The number of aromatic nitrogens is 1. The highest BCUT2D eigenvalue weighted by Gasteiger charge is 2.07. The summed E-state index contributed by atoms with van der Waals surface area (Å²) in [5.74, 6) is -1.13. The maximum Gasteiger partial charge on any atom is 0.328 e. The van der Waals surface area contributed by atoms with Crippen molar-refractivity contribution < 1.29 is 14.7 Å². The van der Waals surface area contributed by atoms with Crippen LogP contribution < -0.4 is 5.32 Å². The van der Waals surface area contributed by atoms with Crippen LogP contribution in [-0.4, -0.2) is 22.0 Å². The van der Waals surface area contributed by atoms with Gasteiger partial charge in [-0.25, -0.2) is 4.79 Å². The fourth-order valence-electron chi connectivity index (χ4n) is 1.33. The van der Waals surface area contributed by atoms with E-state index in [0.29, 0.717) is 11.4 Å². The topological polar surface area (TPSA) is 79.3 Å². The van der Waals surface area contributed by atoms with Crippen LogP contribution in [0, 0.1) is 0 Å². The first-order valence-electron chi connectivity index (χ1n) is 5.30. The van der Waals surface area contributed by atoms with Gasteiger partial charge in [0, 0.05) is 11.0 Å². The predicted molar refractivity (Wildman–Crippen MR) is 74.3 cm³/mol. The largest absolute Gasteiger partial charge is 0.478 e. The third-order valence-corrected chi connectivity index (χ3v) is 3.90. The minimum absolute atomic E-state index is 0.154. The number of thiophene rings is 1. The Morgan fingerprint density at radius 3 is 2.95 bits per heavy atom. The van der Waals surface area contributed by atoms with Gasteiger partial charge < -0.3 is 10.4 Å². The Hall–Kier alpha value is -1.99. The number of nitrogens with zero attached hydrogens (tertiary/aromatic N) is 1. The van der Waals surface area contributed by atoms with Crippen molar-refractivity contribution in [1.82, 2.24) is 10.3 Å². The number of carbonyl (C=O) groups is 2. The summed E-state index contributed by atoms with van der Waals surface area (Å²) in [4.78, 5) is 27.4. The SMILES string of the molecule is O=C(O)/C=C/c1csc(CNC(=O)c2cncs2)c1. The molecule has 0 bridgehead atoms. The fourth-order valence-corrected chi connectivity index (χ4v) is 2.66. The Kier molecular flexibility index (Phi) is 4.43. The lowest BCUT2D eigenvalue weighted by molar-refractivity contribution is -0.131. The van der Waals surface area contributed by atoms with Gasteiger partial charge in [0.05, 0.1) is 18.3 Å². The lowest BCUT2D eigenvalue weighted by Crippen LogP contribution is -2.21. The molecule has 1 amide bonds. The number of carboxylic acid groups (broad SMARTS) is 1. The first kappa shape index (κ1) is 13.4. The number of rotatable bonds is 5. The van der Waals surface area contributed by atoms with Crippen molar-refractivity contribution in [2.24, 2.45) is 0 Å². The van der Waals surface area contributed by atoms with Crippen LogP contribution in [0.4, 0.5) is 0 Å². The minimum Gasteiger partial charge on any atom is -0.478 e. The molecule has 0 aromatic carbocycles. The number of thiazole rings is 1. The summed E-state index contributed by atoms with van der Waals surface area (Å²) >= 11 is 2.76. The molecule has 0 aliphatic heterocycles.